The van der Waals surface area contributed by atoms with Crippen LogP contribution in [0.2, 0.25) is 0 Å². The first kappa shape index (κ1) is 29.2. The zero-order chi connectivity index (χ0) is 26.9. The lowest BCUT2D eigenvalue weighted by Crippen LogP contribution is -2.49. The lowest BCUT2D eigenvalue weighted by molar-refractivity contribution is -0.140. The second-order valence-electron chi connectivity index (χ2n) is 9.13. The van der Waals surface area contributed by atoms with Gasteiger partial charge in [-0.1, -0.05) is 36.4 Å². The van der Waals surface area contributed by atoms with E-state index in [4.69, 9.17) is 4.74 Å². The molecule has 2 amide bonds. The third-order valence-electron chi connectivity index (χ3n) is 5.79. The van der Waals surface area contributed by atoms with Gasteiger partial charge in [0.1, 0.15) is 11.8 Å². The molecule has 2 aromatic rings. The van der Waals surface area contributed by atoms with Crippen LogP contribution in [-0.2, 0) is 26.2 Å². The van der Waals surface area contributed by atoms with Gasteiger partial charge in [-0.3, -0.25) is 13.9 Å². The molecule has 0 aromatic heterocycles. The summed E-state index contributed by atoms with van der Waals surface area (Å²) in [6, 6.07) is 14.0. The van der Waals surface area contributed by atoms with E-state index in [2.05, 4.69) is 5.32 Å². The SMILES string of the molecule is CCOc1ccccc1N(CCCC(=O)N(Cc1ccccc1C)[C@H](C)C(=O)NC(C)C)S(C)(=O)=O. The van der Waals surface area contributed by atoms with E-state index in [1.807, 2.05) is 52.0 Å². The number of benzene rings is 2. The fourth-order valence-corrected chi connectivity index (χ4v) is 4.85. The van der Waals surface area contributed by atoms with Crippen LogP contribution in [0.3, 0.4) is 0 Å². The Morgan fingerprint density at radius 1 is 1.03 bits per heavy atom. The van der Waals surface area contributed by atoms with Crippen molar-refractivity contribution in [2.45, 2.75) is 66.1 Å². The molecular weight excluding hydrogens is 478 g/mol. The van der Waals surface area contributed by atoms with E-state index < -0.39 is 16.1 Å². The largest absolute Gasteiger partial charge is 0.492 e. The van der Waals surface area contributed by atoms with Gasteiger partial charge in [0.2, 0.25) is 21.8 Å². The lowest BCUT2D eigenvalue weighted by Gasteiger charge is -2.30. The van der Waals surface area contributed by atoms with E-state index in [0.717, 1.165) is 17.4 Å². The quantitative estimate of drug-likeness (QED) is 0.435. The van der Waals surface area contributed by atoms with E-state index >= 15 is 0 Å². The van der Waals surface area contributed by atoms with Crippen LogP contribution in [0.1, 0.15) is 51.7 Å². The number of amides is 2. The van der Waals surface area contributed by atoms with Gasteiger partial charge in [-0.15, -0.1) is 0 Å². The summed E-state index contributed by atoms with van der Waals surface area (Å²) in [7, 11) is -3.61. The van der Waals surface area contributed by atoms with Crippen molar-refractivity contribution in [2.75, 3.05) is 23.7 Å². The minimum atomic E-state index is -3.61. The number of carbonyl (C=O) groups excluding carboxylic acids is 2. The van der Waals surface area contributed by atoms with Gasteiger partial charge in [0.15, 0.2) is 0 Å². The summed E-state index contributed by atoms with van der Waals surface area (Å²) in [6.07, 6.45) is 1.52. The predicted octanol–water partition coefficient (Wildman–Crippen LogP) is 3.88. The molecule has 0 saturated carbocycles. The van der Waals surface area contributed by atoms with Crippen LogP contribution in [-0.4, -0.2) is 56.6 Å². The minimum Gasteiger partial charge on any atom is -0.492 e. The number of ether oxygens (including phenoxy) is 1. The number of rotatable bonds is 13. The first-order valence-electron chi connectivity index (χ1n) is 12.3. The molecule has 0 aliphatic heterocycles. The summed E-state index contributed by atoms with van der Waals surface area (Å²) in [5.74, 6) is 0.0310. The number of carbonyl (C=O) groups is 2. The van der Waals surface area contributed by atoms with Gasteiger partial charge in [-0.05, 0) is 64.3 Å². The molecule has 1 atom stereocenters. The summed E-state index contributed by atoms with van der Waals surface area (Å²) >= 11 is 0. The lowest BCUT2D eigenvalue weighted by atomic mass is 10.1. The van der Waals surface area contributed by atoms with Crippen LogP contribution in [0.5, 0.6) is 5.75 Å². The molecule has 2 rings (SSSR count). The molecule has 1 N–H and O–H groups in total. The number of nitrogens with one attached hydrogen (secondary N) is 1. The molecule has 0 fully saturated rings. The van der Waals surface area contributed by atoms with E-state index in [1.165, 1.54) is 4.31 Å². The number of hydrogen-bond acceptors (Lipinski definition) is 5. The highest BCUT2D eigenvalue weighted by Crippen LogP contribution is 2.30. The molecule has 2 aromatic carbocycles. The number of nitrogens with zero attached hydrogens (tertiary/aromatic N) is 2. The average Bonchev–Trinajstić information content (AvgIpc) is 2.80. The van der Waals surface area contributed by atoms with Crippen molar-refractivity contribution in [3.8, 4) is 5.75 Å². The van der Waals surface area contributed by atoms with Crippen LogP contribution in [0, 0.1) is 6.92 Å². The molecule has 36 heavy (non-hydrogen) atoms. The standard InChI is InChI=1S/C27H39N3O5S/c1-7-35-25-16-11-10-15-24(25)30(36(6,33)34)18-12-17-26(31)29(22(5)27(32)28-20(2)3)19-23-14-9-8-13-21(23)4/h8-11,13-16,20,22H,7,12,17-19H2,1-6H3,(H,28,32)/t22-/m1/s1. The third-order valence-corrected chi connectivity index (χ3v) is 6.97. The molecule has 198 valence electrons. The molecule has 0 spiro atoms. The second-order valence-corrected chi connectivity index (χ2v) is 11.0. The van der Waals surface area contributed by atoms with E-state index in [-0.39, 0.29) is 37.2 Å². The molecule has 0 heterocycles. The second kappa shape index (κ2) is 13.3. The first-order valence-corrected chi connectivity index (χ1v) is 14.1. The molecule has 0 radical (unpaired) electrons. The average molecular weight is 518 g/mol. The summed E-state index contributed by atoms with van der Waals surface area (Å²) in [5, 5.41) is 2.88. The van der Waals surface area contributed by atoms with Gasteiger partial charge < -0.3 is 15.0 Å². The summed E-state index contributed by atoms with van der Waals surface area (Å²) in [5.41, 5.74) is 2.43. The molecule has 0 unspecified atom stereocenters. The van der Waals surface area contributed by atoms with Gasteiger partial charge in [-0.25, -0.2) is 8.42 Å². The third kappa shape index (κ3) is 8.26. The summed E-state index contributed by atoms with van der Waals surface area (Å²) in [6.45, 7) is 10.1. The van der Waals surface area contributed by atoms with Gasteiger partial charge in [0.05, 0.1) is 18.6 Å². The van der Waals surface area contributed by atoms with Crippen LogP contribution >= 0.6 is 0 Å². The molecule has 0 saturated heterocycles. The maximum atomic E-state index is 13.4. The smallest absolute Gasteiger partial charge is 0.242 e. The first-order chi connectivity index (χ1) is 17.0. The Balaban J connectivity index is 2.22. The van der Waals surface area contributed by atoms with Crippen molar-refractivity contribution in [1.29, 1.82) is 0 Å². The number of sulfonamides is 1. The Morgan fingerprint density at radius 3 is 2.28 bits per heavy atom. The maximum absolute atomic E-state index is 13.4. The van der Waals surface area contributed by atoms with Crippen LogP contribution in [0.25, 0.3) is 0 Å². The molecule has 9 heteroatoms. The monoisotopic (exact) mass is 517 g/mol. The van der Waals surface area contributed by atoms with Crippen molar-refractivity contribution in [1.82, 2.24) is 10.2 Å². The van der Waals surface area contributed by atoms with Crippen LogP contribution < -0.4 is 14.4 Å². The Bertz CT molecular complexity index is 1130. The predicted molar refractivity (Wildman–Crippen MR) is 144 cm³/mol. The molecular formula is C27H39N3O5S. The van der Waals surface area contributed by atoms with Gasteiger partial charge in [-0.2, -0.15) is 0 Å². The van der Waals surface area contributed by atoms with E-state index in [0.29, 0.717) is 24.6 Å². The molecule has 0 bridgehead atoms. The zero-order valence-electron chi connectivity index (χ0n) is 22.2. The van der Waals surface area contributed by atoms with Gasteiger partial charge in [0.25, 0.3) is 0 Å². The number of para-hydroxylation sites is 2. The fourth-order valence-electron chi connectivity index (χ4n) is 3.88. The van der Waals surface area contributed by atoms with Crippen LogP contribution in [0.15, 0.2) is 48.5 Å². The Morgan fingerprint density at radius 2 is 1.67 bits per heavy atom. The number of aryl methyl sites for hydroxylation is 1. The summed E-state index contributed by atoms with van der Waals surface area (Å²) < 4.78 is 32.1. The molecule has 0 aliphatic carbocycles. The highest BCUT2D eigenvalue weighted by molar-refractivity contribution is 7.92. The Labute approximate surface area is 215 Å². The van der Waals surface area contributed by atoms with Crippen molar-refractivity contribution in [2.24, 2.45) is 0 Å². The minimum absolute atomic E-state index is 0.0518. The van der Waals surface area contributed by atoms with Crippen LogP contribution in [0.4, 0.5) is 5.69 Å². The van der Waals surface area contributed by atoms with Crippen molar-refractivity contribution >= 4 is 27.5 Å². The molecule has 8 nitrogen and oxygen atoms in total. The number of hydrogen-bond donors (Lipinski definition) is 1. The Kier molecular flexibility index (Phi) is 10.8. The Hall–Kier alpha value is -3.07. The topological polar surface area (TPSA) is 96.0 Å². The number of anilines is 1. The van der Waals surface area contributed by atoms with E-state index in [9.17, 15) is 18.0 Å². The zero-order valence-corrected chi connectivity index (χ0v) is 23.0. The normalized spacial score (nSPS) is 12.2. The van der Waals surface area contributed by atoms with Crippen molar-refractivity contribution < 1.29 is 22.7 Å². The van der Waals surface area contributed by atoms with E-state index in [1.54, 1.807) is 36.1 Å². The maximum Gasteiger partial charge on any atom is 0.242 e. The van der Waals surface area contributed by atoms with Crippen molar-refractivity contribution in [3.05, 3.63) is 59.7 Å². The fraction of sp³-hybridized carbons (Fsp3) is 0.481. The van der Waals surface area contributed by atoms with Crippen molar-refractivity contribution in [3.63, 3.8) is 0 Å². The molecule has 0 aliphatic rings. The van der Waals surface area contributed by atoms with Gasteiger partial charge >= 0.3 is 0 Å². The summed E-state index contributed by atoms with van der Waals surface area (Å²) in [4.78, 5) is 27.7. The van der Waals surface area contributed by atoms with Gasteiger partial charge in [0, 0.05) is 25.6 Å². The highest BCUT2D eigenvalue weighted by atomic mass is 32.2. The highest BCUT2D eigenvalue weighted by Gasteiger charge is 2.27.